The number of aromatic amines is 1. The summed E-state index contributed by atoms with van der Waals surface area (Å²) in [6, 6.07) is 6.07. The third-order valence-corrected chi connectivity index (χ3v) is 3.17. The first kappa shape index (κ1) is 14.1. The lowest BCUT2D eigenvalue weighted by molar-refractivity contribution is -0.385. The summed E-state index contributed by atoms with van der Waals surface area (Å²) in [5.74, 6) is -0.355. The molecule has 2 aromatic rings. The summed E-state index contributed by atoms with van der Waals surface area (Å²) in [5.41, 5.74) is 1.94. The largest absolute Gasteiger partial charge is 0.502 e. The van der Waals surface area contributed by atoms with Crippen LogP contribution in [-0.2, 0) is 6.42 Å². The Morgan fingerprint density at radius 2 is 2.15 bits per heavy atom. The van der Waals surface area contributed by atoms with Crippen LogP contribution in [0, 0.1) is 10.1 Å². The number of aromatic nitrogens is 1. The smallest absolute Gasteiger partial charge is 0.311 e. The zero-order chi connectivity index (χ0) is 14.7. The van der Waals surface area contributed by atoms with Gasteiger partial charge in [0.1, 0.15) is 0 Å². The number of phenolic OH excluding ortho intramolecular Hbond substituents is 1. The number of nitro benzene ring substituents is 1. The number of H-pyrrole nitrogens is 1. The number of nitro groups is 1. The highest BCUT2D eigenvalue weighted by molar-refractivity contribution is 5.66. The standard InChI is InChI=1S/C14H16N2O4/c1-2-11(17)5-9-6-12(15-8-9)10-3-4-14(18)13(7-10)16(19)20/h3-4,6-8,11,15,17-18H,2,5H2,1H3. The quantitative estimate of drug-likeness (QED) is 0.577. The van der Waals surface area contributed by atoms with Crippen molar-refractivity contribution in [3.8, 4) is 17.0 Å². The van der Waals surface area contributed by atoms with Crippen molar-refractivity contribution in [2.75, 3.05) is 0 Å². The summed E-state index contributed by atoms with van der Waals surface area (Å²) in [6.45, 7) is 1.90. The average molecular weight is 276 g/mol. The maximum atomic E-state index is 10.8. The Morgan fingerprint density at radius 1 is 1.40 bits per heavy atom. The molecular weight excluding hydrogens is 260 g/mol. The number of aliphatic hydroxyl groups excluding tert-OH is 1. The van der Waals surface area contributed by atoms with Gasteiger partial charge in [-0.05, 0) is 36.6 Å². The number of nitrogens with zero attached hydrogens (tertiary/aromatic N) is 1. The van der Waals surface area contributed by atoms with E-state index in [1.165, 1.54) is 12.1 Å². The highest BCUT2D eigenvalue weighted by Crippen LogP contribution is 2.31. The molecular formula is C14H16N2O4. The van der Waals surface area contributed by atoms with Crippen LogP contribution in [0.3, 0.4) is 0 Å². The number of hydrogen-bond donors (Lipinski definition) is 3. The van der Waals surface area contributed by atoms with E-state index in [2.05, 4.69) is 4.98 Å². The molecule has 2 rings (SSSR count). The SMILES string of the molecule is CCC(O)Cc1c[nH]c(-c2ccc(O)c([N+](=O)[O-])c2)c1. The Morgan fingerprint density at radius 3 is 2.80 bits per heavy atom. The number of hydrogen-bond acceptors (Lipinski definition) is 4. The maximum absolute atomic E-state index is 10.8. The number of nitrogens with one attached hydrogen (secondary N) is 1. The van der Waals surface area contributed by atoms with Crippen LogP contribution in [0.5, 0.6) is 5.75 Å². The van der Waals surface area contributed by atoms with Crippen molar-refractivity contribution in [2.45, 2.75) is 25.9 Å². The molecule has 0 amide bonds. The molecule has 6 nitrogen and oxygen atoms in total. The molecule has 106 valence electrons. The van der Waals surface area contributed by atoms with E-state index in [1.807, 2.05) is 13.0 Å². The van der Waals surface area contributed by atoms with E-state index in [0.29, 0.717) is 24.1 Å². The molecule has 0 saturated heterocycles. The van der Waals surface area contributed by atoms with Crippen LogP contribution in [0.15, 0.2) is 30.5 Å². The lowest BCUT2D eigenvalue weighted by Crippen LogP contribution is -2.07. The Balaban J connectivity index is 2.28. The Hall–Kier alpha value is -2.34. The molecule has 0 bridgehead atoms. The van der Waals surface area contributed by atoms with Crippen molar-refractivity contribution in [1.82, 2.24) is 4.98 Å². The van der Waals surface area contributed by atoms with Gasteiger partial charge in [0.2, 0.25) is 0 Å². The van der Waals surface area contributed by atoms with Gasteiger partial charge in [-0.1, -0.05) is 6.92 Å². The second-order valence-electron chi connectivity index (χ2n) is 4.65. The summed E-state index contributed by atoms with van der Waals surface area (Å²) in [4.78, 5) is 13.2. The lowest BCUT2D eigenvalue weighted by atomic mass is 10.1. The summed E-state index contributed by atoms with van der Waals surface area (Å²) in [5, 5.41) is 29.8. The molecule has 1 heterocycles. The van der Waals surface area contributed by atoms with Crippen LogP contribution in [0.25, 0.3) is 11.3 Å². The van der Waals surface area contributed by atoms with Gasteiger partial charge < -0.3 is 15.2 Å². The molecule has 0 spiro atoms. The van der Waals surface area contributed by atoms with Crippen LogP contribution < -0.4 is 0 Å². The number of benzene rings is 1. The average Bonchev–Trinajstić information content (AvgIpc) is 2.87. The van der Waals surface area contributed by atoms with Crippen LogP contribution in [-0.4, -0.2) is 26.2 Å². The minimum absolute atomic E-state index is 0.327. The van der Waals surface area contributed by atoms with Crippen LogP contribution in [0.1, 0.15) is 18.9 Å². The third-order valence-electron chi connectivity index (χ3n) is 3.17. The third kappa shape index (κ3) is 2.97. The highest BCUT2D eigenvalue weighted by atomic mass is 16.6. The normalized spacial score (nSPS) is 12.3. The highest BCUT2D eigenvalue weighted by Gasteiger charge is 2.15. The number of phenols is 1. The van der Waals surface area contributed by atoms with E-state index in [-0.39, 0.29) is 11.4 Å². The Kier molecular flexibility index (Phi) is 4.05. The first-order valence-electron chi connectivity index (χ1n) is 6.34. The van der Waals surface area contributed by atoms with E-state index >= 15 is 0 Å². The molecule has 0 aliphatic carbocycles. The van der Waals surface area contributed by atoms with Gasteiger partial charge in [0, 0.05) is 23.5 Å². The van der Waals surface area contributed by atoms with Gasteiger partial charge in [0.25, 0.3) is 0 Å². The van der Waals surface area contributed by atoms with Crippen LogP contribution in [0.2, 0.25) is 0 Å². The first-order chi connectivity index (χ1) is 9.51. The van der Waals surface area contributed by atoms with Gasteiger partial charge in [0.05, 0.1) is 11.0 Å². The Labute approximate surface area is 115 Å². The van der Waals surface area contributed by atoms with Crippen molar-refractivity contribution in [3.05, 3.63) is 46.1 Å². The van der Waals surface area contributed by atoms with Crippen molar-refractivity contribution in [2.24, 2.45) is 0 Å². The van der Waals surface area contributed by atoms with E-state index in [1.54, 1.807) is 12.3 Å². The van der Waals surface area contributed by atoms with Crippen molar-refractivity contribution in [1.29, 1.82) is 0 Å². The van der Waals surface area contributed by atoms with Gasteiger partial charge in [0.15, 0.2) is 5.75 Å². The van der Waals surface area contributed by atoms with Gasteiger partial charge in [-0.3, -0.25) is 10.1 Å². The predicted octanol–water partition coefficient (Wildman–Crippen LogP) is 2.61. The summed E-state index contributed by atoms with van der Waals surface area (Å²) >= 11 is 0. The van der Waals surface area contributed by atoms with Crippen molar-refractivity contribution < 1.29 is 15.1 Å². The zero-order valence-corrected chi connectivity index (χ0v) is 11.0. The predicted molar refractivity (Wildman–Crippen MR) is 74.5 cm³/mol. The molecule has 1 aromatic heterocycles. The maximum Gasteiger partial charge on any atom is 0.311 e. The summed E-state index contributed by atoms with van der Waals surface area (Å²) < 4.78 is 0. The molecule has 0 saturated carbocycles. The van der Waals surface area contributed by atoms with Crippen molar-refractivity contribution >= 4 is 5.69 Å². The monoisotopic (exact) mass is 276 g/mol. The molecule has 0 aliphatic rings. The molecule has 3 N–H and O–H groups in total. The van der Waals surface area contributed by atoms with E-state index < -0.39 is 11.0 Å². The molecule has 0 aliphatic heterocycles. The number of rotatable bonds is 5. The van der Waals surface area contributed by atoms with E-state index in [4.69, 9.17) is 0 Å². The van der Waals surface area contributed by atoms with E-state index in [0.717, 1.165) is 5.56 Å². The second kappa shape index (κ2) is 5.75. The fraction of sp³-hybridized carbons (Fsp3) is 0.286. The molecule has 1 aromatic carbocycles. The minimum Gasteiger partial charge on any atom is -0.502 e. The fourth-order valence-electron chi connectivity index (χ4n) is 1.98. The first-order valence-corrected chi connectivity index (χ1v) is 6.34. The van der Waals surface area contributed by atoms with Gasteiger partial charge in [-0.2, -0.15) is 0 Å². The minimum atomic E-state index is -0.622. The van der Waals surface area contributed by atoms with Gasteiger partial charge >= 0.3 is 5.69 Å². The molecule has 0 radical (unpaired) electrons. The lowest BCUT2D eigenvalue weighted by Gasteiger charge is -2.04. The molecule has 6 heteroatoms. The second-order valence-corrected chi connectivity index (χ2v) is 4.65. The van der Waals surface area contributed by atoms with Crippen molar-refractivity contribution in [3.63, 3.8) is 0 Å². The van der Waals surface area contributed by atoms with Gasteiger partial charge in [-0.25, -0.2) is 0 Å². The molecule has 1 atom stereocenters. The number of aromatic hydroxyl groups is 1. The van der Waals surface area contributed by atoms with Crippen LogP contribution >= 0.6 is 0 Å². The summed E-state index contributed by atoms with van der Waals surface area (Å²) in [6.07, 6.45) is 2.58. The van der Waals surface area contributed by atoms with Crippen LogP contribution in [0.4, 0.5) is 5.69 Å². The zero-order valence-electron chi connectivity index (χ0n) is 11.0. The molecule has 0 fully saturated rings. The van der Waals surface area contributed by atoms with Gasteiger partial charge in [-0.15, -0.1) is 0 Å². The fourth-order valence-corrected chi connectivity index (χ4v) is 1.98. The molecule has 20 heavy (non-hydrogen) atoms. The van der Waals surface area contributed by atoms with E-state index in [9.17, 15) is 20.3 Å². The summed E-state index contributed by atoms with van der Waals surface area (Å²) in [7, 11) is 0. The topological polar surface area (TPSA) is 99.4 Å². The number of aliphatic hydroxyl groups is 1. The molecule has 1 unspecified atom stereocenters. The Bertz CT molecular complexity index is 621.